The number of esters is 1. The largest absolute Gasteiger partial charge is 0.459 e. The van der Waals surface area contributed by atoms with E-state index in [2.05, 4.69) is 0 Å². The van der Waals surface area contributed by atoms with E-state index in [0.29, 0.717) is 18.1 Å². The van der Waals surface area contributed by atoms with Gasteiger partial charge in [-0.05, 0) is 24.6 Å². The molecule has 6 heteroatoms. The highest BCUT2D eigenvalue weighted by Crippen LogP contribution is 2.09. The maximum Gasteiger partial charge on any atom is 0.348 e. The number of ether oxygens (including phenoxy) is 3. The van der Waals surface area contributed by atoms with E-state index in [0.717, 1.165) is 5.75 Å². The van der Waals surface area contributed by atoms with Crippen LogP contribution in [0.1, 0.15) is 16.6 Å². The Hall–Kier alpha value is -0.560. The third kappa shape index (κ3) is 6.39. The maximum absolute atomic E-state index is 11.5. The van der Waals surface area contributed by atoms with Crippen LogP contribution >= 0.6 is 23.1 Å². The summed E-state index contributed by atoms with van der Waals surface area (Å²) >= 11 is 3.09. The molecule has 0 aromatic carbocycles. The van der Waals surface area contributed by atoms with Crippen LogP contribution in [0.4, 0.5) is 0 Å². The van der Waals surface area contributed by atoms with E-state index in [1.54, 1.807) is 17.8 Å². The predicted molar refractivity (Wildman–Crippen MR) is 74.3 cm³/mol. The zero-order valence-corrected chi connectivity index (χ0v) is 12.2. The van der Waals surface area contributed by atoms with Gasteiger partial charge in [-0.2, -0.15) is 11.8 Å². The van der Waals surface area contributed by atoms with Gasteiger partial charge in [-0.25, -0.2) is 4.79 Å². The van der Waals surface area contributed by atoms with Crippen LogP contribution in [0.5, 0.6) is 0 Å². The average Bonchev–Trinajstić information content (AvgIpc) is 2.88. The lowest BCUT2D eigenvalue weighted by Gasteiger charge is -2.13. The van der Waals surface area contributed by atoms with E-state index >= 15 is 0 Å². The van der Waals surface area contributed by atoms with Crippen molar-refractivity contribution in [1.29, 1.82) is 0 Å². The molecule has 0 aliphatic carbocycles. The normalized spacial score (nSPS) is 12.3. The molecule has 1 atom stereocenters. The predicted octanol–water partition coefficient (Wildman–Crippen LogP) is 2.65. The van der Waals surface area contributed by atoms with Gasteiger partial charge < -0.3 is 14.2 Å². The van der Waals surface area contributed by atoms with Gasteiger partial charge in [-0.3, -0.25) is 0 Å². The van der Waals surface area contributed by atoms with Crippen LogP contribution in [-0.2, 0) is 14.2 Å². The molecule has 0 aliphatic rings. The first-order valence-corrected chi connectivity index (χ1v) is 7.94. The van der Waals surface area contributed by atoms with Gasteiger partial charge in [0.2, 0.25) is 0 Å². The van der Waals surface area contributed by atoms with Crippen molar-refractivity contribution in [1.82, 2.24) is 0 Å². The first-order valence-electron chi connectivity index (χ1n) is 5.67. The fraction of sp³-hybridized carbons (Fsp3) is 0.583. The van der Waals surface area contributed by atoms with Crippen LogP contribution in [0.25, 0.3) is 0 Å². The van der Waals surface area contributed by atoms with Crippen molar-refractivity contribution >= 4 is 29.1 Å². The zero-order chi connectivity index (χ0) is 13.2. The highest BCUT2D eigenvalue weighted by molar-refractivity contribution is 7.98. The standard InChI is InChI=1S/C12H18O4S2/c1-10(15-7-9-17-2)14-5-6-16-12(13)11-4-3-8-18-11/h3-4,8,10H,5-7,9H2,1-2H3. The van der Waals surface area contributed by atoms with Crippen LogP contribution in [0.15, 0.2) is 17.5 Å². The lowest BCUT2D eigenvalue weighted by molar-refractivity contribution is -0.132. The number of hydrogen-bond donors (Lipinski definition) is 0. The number of carbonyl (C=O) groups is 1. The number of thioether (sulfide) groups is 1. The van der Waals surface area contributed by atoms with E-state index < -0.39 is 0 Å². The minimum Gasteiger partial charge on any atom is -0.459 e. The summed E-state index contributed by atoms with van der Waals surface area (Å²) in [5.74, 6) is 0.644. The summed E-state index contributed by atoms with van der Waals surface area (Å²) in [5, 5.41) is 1.84. The van der Waals surface area contributed by atoms with Crippen molar-refractivity contribution in [2.75, 3.05) is 31.8 Å². The van der Waals surface area contributed by atoms with Crippen LogP contribution < -0.4 is 0 Å². The average molecular weight is 290 g/mol. The summed E-state index contributed by atoms with van der Waals surface area (Å²) in [5.41, 5.74) is 0. The lowest BCUT2D eigenvalue weighted by Crippen LogP contribution is -2.18. The summed E-state index contributed by atoms with van der Waals surface area (Å²) < 4.78 is 15.8. The Bertz CT molecular complexity index is 327. The van der Waals surface area contributed by atoms with Crippen molar-refractivity contribution in [2.45, 2.75) is 13.2 Å². The zero-order valence-electron chi connectivity index (χ0n) is 10.6. The van der Waals surface area contributed by atoms with Crippen molar-refractivity contribution in [3.8, 4) is 0 Å². The molecule has 0 spiro atoms. The molecule has 102 valence electrons. The molecule has 0 saturated carbocycles. The Balaban J connectivity index is 2.02. The molecular weight excluding hydrogens is 272 g/mol. The second-order valence-corrected chi connectivity index (χ2v) is 5.35. The molecule has 0 amide bonds. The number of rotatable bonds is 9. The van der Waals surface area contributed by atoms with Gasteiger partial charge >= 0.3 is 5.97 Å². The monoisotopic (exact) mass is 290 g/mol. The third-order valence-corrected chi connectivity index (χ3v) is 3.46. The van der Waals surface area contributed by atoms with Crippen LogP contribution in [0.3, 0.4) is 0 Å². The van der Waals surface area contributed by atoms with E-state index in [1.807, 2.05) is 24.6 Å². The topological polar surface area (TPSA) is 44.8 Å². The van der Waals surface area contributed by atoms with Crippen molar-refractivity contribution in [3.05, 3.63) is 22.4 Å². The van der Waals surface area contributed by atoms with Crippen molar-refractivity contribution in [2.24, 2.45) is 0 Å². The van der Waals surface area contributed by atoms with Crippen LogP contribution in [0, 0.1) is 0 Å². The highest BCUT2D eigenvalue weighted by Gasteiger charge is 2.08. The van der Waals surface area contributed by atoms with Gasteiger partial charge in [0.1, 0.15) is 11.5 Å². The van der Waals surface area contributed by atoms with Crippen molar-refractivity contribution in [3.63, 3.8) is 0 Å². The molecule has 1 rings (SSSR count). The summed E-state index contributed by atoms with van der Waals surface area (Å²) in [6.07, 6.45) is 1.76. The number of carbonyl (C=O) groups excluding carboxylic acids is 1. The third-order valence-electron chi connectivity index (χ3n) is 2.03. The quantitative estimate of drug-likeness (QED) is 0.397. The molecule has 18 heavy (non-hydrogen) atoms. The first-order chi connectivity index (χ1) is 8.74. The minimum absolute atomic E-state index is 0.243. The molecular formula is C12H18O4S2. The van der Waals surface area contributed by atoms with Gasteiger partial charge in [0.05, 0.1) is 13.2 Å². The molecule has 0 N–H and O–H groups in total. The van der Waals surface area contributed by atoms with E-state index in [1.165, 1.54) is 11.3 Å². The molecule has 4 nitrogen and oxygen atoms in total. The number of hydrogen-bond acceptors (Lipinski definition) is 6. The second-order valence-electron chi connectivity index (χ2n) is 3.42. The summed E-state index contributed by atoms with van der Waals surface area (Å²) in [6, 6.07) is 3.56. The Kier molecular flexibility index (Phi) is 8.08. The van der Waals surface area contributed by atoms with Gasteiger partial charge in [-0.15, -0.1) is 11.3 Å². The molecule has 0 bridgehead atoms. The molecule has 0 saturated heterocycles. The van der Waals surface area contributed by atoms with Crippen LogP contribution in [-0.4, -0.2) is 44.1 Å². The SMILES string of the molecule is CSCCOC(C)OCCOC(=O)c1cccs1. The maximum atomic E-state index is 11.5. The van der Waals surface area contributed by atoms with E-state index in [4.69, 9.17) is 14.2 Å². The highest BCUT2D eigenvalue weighted by atomic mass is 32.2. The Morgan fingerprint density at radius 1 is 1.39 bits per heavy atom. The first kappa shape index (κ1) is 15.5. The second kappa shape index (κ2) is 9.38. The molecule has 1 heterocycles. The van der Waals surface area contributed by atoms with Gasteiger partial charge in [0.25, 0.3) is 0 Å². The summed E-state index contributed by atoms with van der Waals surface area (Å²) in [4.78, 5) is 12.1. The Morgan fingerprint density at radius 2 is 2.17 bits per heavy atom. The fourth-order valence-corrected chi connectivity index (χ4v) is 2.04. The molecule has 0 aliphatic heterocycles. The smallest absolute Gasteiger partial charge is 0.348 e. The lowest BCUT2D eigenvalue weighted by atomic mass is 10.5. The molecule has 0 fully saturated rings. The molecule has 1 aromatic heterocycles. The van der Waals surface area contributed by atoms with Crippen LogP contribution in [0.2, 0.25) is 0 Å². The van der Waals surface area contributed by atoms with E-state index in [9.17, 15) is 4.79 Å². The minimum atomic E-state index is -0.301. The van der Waals surface area contributed by atoms with Gasteiger partial charge in [0.15, 0.2) is 6.29 Å². The van der Waals surface area contributed by atoms with E-state index in [-0.39, 0.29) is 18.9 Å². The molecule has 1 aromatic rings. The summed E-state index contributed by atoms with van der Waals surface area (Å²) in [7, 11) is 0. The van der Waals surface area contributed by atoms with Gasteiger partial charge in [0, 0.05) is 5.75 Å². The number of thiophene rings is 1. The Labute approximate surface area is 116 Å². The molecule has 1 unspecified atom stereocenters. The fourth-order valence-electron chi connectivity index (χ4n) is 1.16. The van der Waals surface area contributed by atoms with Crippen molar-refractivity contribution < 1.29 is 19.0 Å². The summed E-state index contributed by atoms with van der Waals surface area (Å²) in [6.45, 7) is 3.09. The molecule has 0 radical (unpaired) electrons. The van der Waals surface area contributed by atoms with Gasteiger partial charge in [-0.1, -0.05) is 6.07 Å². The Morgan fingerprint density at radius 3 is 2.83 bits per heavy atom.